The highest BCUT2D eigenvalue weighted by Crippen LogP contribution is 2.17. The molecule has 0 heterocycles. The molecule has 0 spiro atoms. The van der Waals surface area contributed by atoms with Crippen LogP contribution >= 0.6 is 0 Å². The minimum atomic E-state index is -1.28. The van der Waals surface area contributed by atoms with Crippen LogP contribution in [-0.4, -0.2) is 57.3 Å². The predicted molar refractivity (Wildman–Crippen MR) is 251 cm³/mol. The summed E-state index contributed by atoms with van der Waals surface area (Å²) in [5.74, 6) is -0.599. The summed E-state index contributed by atoms with van der Waals surface area (Å²) in [7, 11) is 0. The molecule has 0 saturated heterocycles. The van der Waals surface area contributed by atoms with Crippen LogP contribution in [0.2, 0.25) is 0 Å². The first-order chi connectivity index (χ1) is 28.5. The van der Waals surface area contributed by atoms with E-state index in [9.17, 15) is 25.2 Å². The Balaban J connectivity index is 3.69. The SMILES string of the molecule is CCCCCCCCCCC/C=C\CCCCCCC(O)C(=O)NC(CO)C(O)C(O)CCC/C=C/CCCCCCCCCCCCCCCCCCCCCC. The minimum absolute atomic E-state index is 0.350. The van der Waals surface area contributed by atoms with E-state index in [1.807, 2.05) is 0 Å². The van der Waals surface area contributed by atoms with E-state index in [4.69, 9.17) is 0 Å². The minimum Gasteiger partial charge on any atom is -0.394 e. The first-order valence-electron chi connectivity index (χ1n) is 25.7. The molecule has 344 valence electrons. The largest absolute Gasteiger partial charge is 0.394 e. The third-order valence-electron chi connectivity index (χ3n) is 12.1. The summed E-state index contributed by atoms with van der Waals surface area (Å²) in [6.07, 6.45) is 55.2. The van der Waals surface area contributed by atoms with Gasteiger partial charge in [0.15, 0.2) is 0 Å². The van der Waals surface area contributed by atoms with Crippen LogP contribution in [0.15, 0.2) is 24.3 Å². The number of rotatable bonds is 47. The van der Waals surface area contributed by atoms with Crippen LogP contribution in [0, 0.1) is 0 Å². The van der Waals surface area contributed by atoms with Crippen molar-refractivity contribution in [2.75, 3.05) is 6.61 Å². The van der Waals surface area contributed by atoms with Gasteiger partial charge in [0.1, 0.15) is 12.2 Å². The van der Waals surface area contributed by atoms with E-state index in [0.29, 0.717) is 12.8 Å². The van der Waals surface area contributed by atoms with Gasteiger partial charge in [0, 0.05) is 0 Å². The van der Waals surface area contributed by atoms with Crippen LogP contribution in [0.3, 0.4) is 0 Å². The molecule has 4 unspecified atom stereocenters. The highest BCUT2D eigenvalue weighted by atomic mass is 16.3. The zero-order valence-electron chi connectivity index (χ0n) is 38.8. The number of hydrogen-bond acceptors (Lipinski definition) is 5. The fraction of sp³-hybridized carbons (Fsp3) is 0.904. The summed E-state index contributed by atoms with van der Waals surface area (Å²) in [6.45, 7) is 4.06. The second-order valence-electron chi connectivity index (χ2n) is 17.9. The van der Waals surface area contributed by atoms with Crippen LogP contribution < -0.4 is 5.32 Å². The molecule has 0 bridgehead atoms. The van der Waals surface area contributed by atoms with Crippen molar-refractivity contribution in [2.24, 2.45) is 0 Å². The summed E-state index contributed by atoms with van der Waals surface area (Å²) in [4.78, 5) is 12.5. The molecule has 0 rings (SSSR count). The molecule has 0 saturated carbocycles. The van der Waals surface area contributed by atoms with Gasteiger partial charge in [-0.05, 0) is 64.2 Å². The molecule has 0 aromatic carbocycles. The molecule has 6 nitrogen and oxygen atoms in total. The number of aliphatic hydroxyl groups excluding tert-OH is 4. The average molecular weight is 820 g/mol. The molecular weight excluding hydrogens is 719 g/mol. The smallest absolute Gasteiger partial charge is 0.249 e. The highest BCUT2D eigenvalue weighted by Gasteiger charge is 2.28. The van der Waals surface area contributed by atoms with Gasteiger partial charge in [0.25, 0.3) is 0 Å². The monoisotopic (exact) mass is 820 g/mol. The van der Waals surface area contributed by atoms with Crippen molar-refractivity contribution in [1.29, 1.82) is 0 Å². The normalized spacial score (nSPS) is 14.1. The van der Waals surface area contributed by atoms with Crippen LogP contribution in [0.4, 0.5) is 0 Å². The van der Waals surface area contributed by atoms with Crippen LogP contribution in [-0.2, 0) is 4.79 Å². The van der Waals surface area contributed by atoms with Crippen LogP contribution in [0.5, 0.6) is 0 Å². The van der Waals surface area contributed by atoms with Crippen molar-refractivity contribution in [3.8, 4) is 0 Å². The number of unbranched alkanes of at least 4 members (excludes halogenated alkanes) is 34. The van der Waals surface area contributed by atoms with Gasteiger partial charge in [-0.3, -0.25) is 4.79 Å². The van der Waals surface area contributed by atoms with Crippen molar-refractivity contribution in [2.45, 2.75) is 295 Å². The number of nitrogens with one attached hydrogen (secondary N) is 1. The zero-order valence-corrected chi connectivity index (χ0v) is 38.8. The number of hydrogen-bond donors (Lipinski definition) is 5. The van der Waals surface area contributed by atoms with E-state index in [1.54, 1.807) is 0 Å². The molecule has 58 heavy (non-hydrogen) atoms. The second kappa shape index (κ2) is 46.8. The molecular formula is C52H101NO5. The first kappa shape index (κ1) is 56.8. The lowest BCUT2D eigenvalue weighted by Crippen LogP contribution is -2.53. The molecule has 0 aromatic heterocycles. The fourth-order valence-corrected chi connectivity index (χ4v) is 8.05. The summed E-state index contributed by atoms with van der Waals surface area (Å²) < 4.78 is 0. The fourth-order valence-electron chi connectivity index (χ4n) is 8.05. The molecule has 0 aliphatic rings. The molecule has 5 N–H and O–H groups in total. The van der Waals surface area contributed by atoms with Gasteiger partial charge in [-0.25, -0.2) is 0 Å². The number of carbonyl (C=O) groups is 1. The predicted octanol–water partition coefficient (Wildman–Crippen LogP) is 14.3. The molecule has 0 radical (unpaired) electrons. The molecule has 0 aromatic rings. The lowest BCUT2D eigenvalue weighted by molar-refractivity contribution is -0.132. The van der Waals surface area contributed by atoms with Gasteiger partial charge < -0.3 is 25.7 Å². The third-order valence-corrected chi connectivity index (χ3v) is 12.1. The Bertz CT molecular complexity index is 878. The lowest BCUT2D eigenvalue weighted by atomic mass is 10.00. The van der Waals surface area contributed by atoms with Crippen molar-refractivity contribution >= 4 is 5.91 Å². The Hall–Kier alpha value is -1.21. The highest BCUT2D eigenvalue weighted by molar-refractivity contribution is 5.80. The molecule has 0 aliphatic heterocycles. The van der Waals surface area contributed by atoms with Crippen molar-refractivity contribution < 1.29 is 25.2 Å². The Kier molecular flexibility index (Phi) is 45.9. The van der Waals surface area contributed by atoms with Crippen molar-refractivity contribution in [3.05, 3.63) is 24.3 Å². The Morgan fingerprint density at radius 3 is 1.03 bits per heavy atom. The van der Waals surface area contributed by atoms with E-state index < -0.39 is 36.9 Å². The molecule has 0 aliphatic carbocycles. The molecule has 1 amide bonds. The number of amides is 1. The standard InChI is InChI=1S/C52H101NO5/c1-3-5-7-9-11-13-15-17-19-21-22-23-24-25-26-27-28-30-31-33-35-37-39-41-43-45-49(55)51(57)48(47-54)53-52(58)50(56)46-44-42-40-38-36-34-32-29-20-18-16-14-12-10-8-6-4-2/h32,34,37,39,48-51,54-57H,3-31,33,35-36,38,40-47H2,1-2H3,(H,53,58)/b34-32-,39-37+. The van der Waals surface area contributed by atoms with Gasteiger partial charge in [0.2, 0.25) is 5.91 Å². The quantitative estimate of drug-likeness (QED) is 0.0310. The summed E-state index contributed by atoms with van der Waals surface area (Å²) in [6, 6.07) is -1.01. The molecule has 6 heteroatoms. The van der Waals surface area contributed by atoms with Crippen LogP contribution in [0.25, 0.3) is 0 Å². The maximum atomic E-state index is 12.5. The van der Waals surface area contributed by atoms with Gasteiger partial charge in [-0.1, -0.05) is 231 Å². The van der Waals surface area contributed by atoms with E-state index >= 15 is 0 Å². The summed E-state index contributed by atoms with van der Waals surface area (Å²) in [5, 5.41) is 43.8. The molecule has 0 fully saturated rings. The Labute approximate surface area is 361 Å². The Morgan fingerprint density at radius 2 is 0.707 bits per heavy atom. The maximum Gasteiger partial charge on any atom is 0.249 e. The molecule has 4 atom stereocenters. The van der Waals surface area contributed by atoms with Crippen molar-refractivity contribution in [3.63, 3.8) is 0 Å². The summed E-state index contributed by atoms with van der Waals surface area (Å²) >= 11 is 0. The summed E-state index contributed by atoms with van der Waals surface area (Å²) in [5.41, 5.74) is 0. The number of allylic oxidation sites excluding steroid dienone is 4. The lowest BCUT2D eigenvalue weighted by Gasteiger charge is -2.27. The van der Waals surface area contributed by atoms with E-state index in [1.165, 1.54) is 193 Å². The first-order valence-corrected chi connectivity index (χ1v) is 25.7. The van der Waals surface area contributed by atoms with Gasteiger partial charge >= 0.3 is 0 Å². The van der Waals surface area contributed by atoms with Gasteiger partial charge in [-0.2, -0.15) is 0 Å². The van der Waals surface area contributed by atoms with Gasteiger partial charge in [0.05, 0.1) is 18.8 Å². The second-order valence-corrected chi connectivity index (χ2v) is 17.9. The maximum absolute atomic E-state index is 12.5. The topological polar surface area (TPSA) is 110 Å². The average Bonchev–Trinajstić information content (AvgIpc) is 3.23. The van der Waals surface area contributed by atoms with E-state index in [0.717, 1.165) is 51.4 Å². The van der Waals surface area contributed by atoms with Crippen molar-refractivity contribution in [1.82, 2.24) is 5.32 Å². The van der Waals surface area contributed by atoms with Gasteiger partial charge in [-0.15, -0.1) is 0 Å². The Morgan fingerprint density at radius 1 is 0.414 bits per heavy atom. The number of carbonyl (C=O) groups excluding carboxylic acids is 1. The zero-order chi connectivity index (χ0) is 42.4. The van der Waals surface area contributed by atoms with Crippen LogP contribution in [0.1, 0.15) is 271 Å². The van der Waals surface area contributed by atoms with E-state index in [-0.39, 0.29) is 0 Å². The number of aliphatic hydroxyl groups is 4. The third kappa shape index (κ3) is 40.2. The van der Waals surface area contributed by atoms with E-state index in [2.05, 4.69) is 43.5 Å².